The van der Waals surface area contributed by atoms with Gasteiger partial charge >= 0.3 is 0 Å². The van der Waals surface area contributed by atoms with Crippen LogP contribution in [0.25, 0.3) is 0 Å². The van der Waals surface area contributed by atoms with Crippen LogP contribution in [-0.4, -0.2) is 45.9 Å². The number of likely N-dealkylation sites (N-methyl/N-ethyl adjacent to an activating group) is 1. The highest BCUT2D eigenvalue weighted by molar-refractivity contribution is 7.45. The normalized spacial score (nSPS) is 16.1. The number of phosphoric acid groups is 1. The van der Waals surface area contributed by atoms with Crippen molar-refractivity contribution in [3.63, 3.8) is 0 Å². The molecule has 0 aromatic rings. The summed E-state index contributed by atoms with van der Waals surface area (Å²) in [6.45, 7) is 0.772. The fourth-order valence-corrected chi connectivity index (χ4v) is 0.890. The molecule has 0 amide bonds. The lowest BCUT2D eigenvalue weighted by molar-refractivity contribution is -0.870. The van der Waals surface area contributed by atoms with Crippen molar-refractivity contribution in [1.82, 2.24) is 0 Å². The molecular formula is C7H20NO4P. The molecule has 0 N–H and O–H groups in total. The molecule has 0 fully saturated rings. The summed E-state index contributed by atoms with van der Waals surface area (Å²) in [6.07, 6.45) is 0. The molecule has 0 aromatic heterocycles. The zero-order chi connectivity index (χ0) is 9.83. The molecule has 1 atom stereocenters. The quantitative estimate of drug-likeness (QED) is 0.491. The molecule has 0 saturated heterocycles. The maximum Gasteiger partial charge on any atom is 0.267 e. The average Bonchev–Trinajstić information content (AvgIpc) is 1.84. The number of rotatable bonds is 5. The second kappa shape index (κ2) is 5.73. The first-order chi connectivity index (χ1) is 5.27. The molecule has 0 aromatic carbocycles. The Morgan fingerprint density at radius 2 is 1.85 bits per heavy atom. The molecular weight excluding hydrogens is 193 g/mol. The molecule has 1 unspecified atom stereocenters. The highest BCUT2D eigenvalue weighted by Gasteiger charge is 2.10. The average molecular weight is 213 g/mol. The van der Waals surface area contributed by atoms with Gasteiger partial charge in [-0.15, -0.1) is 0 Å². The van der Waals surface area contributed by atoms with Crippen LogP contribution in [0.5, 0.6) is 0 Å². The molecule has 5 nitrogen and oxygen atoms in total. The number of quaternary nitrogens is 1. The summed E-state index contributed by atoms with van der Waals surface area (Å²) in [4.78, 5) is 10.7. The topological polar surface area (TPSA) is 58.6 Å². The number of nitrogens with zero attached hydrogens (tertiary/aromatic N) is 1. The molecule has 6 heteroatoms. The minimum atomic E-state index is -4.02. The molecule has 0 saturated carbocycles. The second-order valence-electron chi connectivity index (χ2n) is 3.48. The fraction of sp³-hybridized carbons (Fsp3) is 1.00. The Kier molecular flexibility index (Phi) is 6.85. The zero-order valence-electron chi connectivity index (χ0n) is 7.94. The van der Waals surface area contributed by atoms with Crippen LogP contribution in [0.1, 0.15) is 7.43 Å². The third-order valence-electron chi connectivity index (χ3n) is 1.24. The predicted molar refractivity (Wildman–Crippen MR) is 50.2 cm³/mol. The Morgan fingerprint density at radius 3 is 2.15 bits per heavy atom. The van der Waals surface area contributed by atoms with Crippen molar-refractivity contribution in [2.45, 2.75) is 7.43 Å². The van der Waals surface area contributed by atoms with Gasteiger partial charge in [0, 0.05) is 7.11 Å². The SMILES string of the molecule is C.COP(=O)([O-])OCC[N+](C)(C)C. The van der Waals surface area contributed by atoms with Crippen molar-refractivity contribution in [2.24, 2.45) is 0 Å². The van der Waals surface area contributed by atoms with Gasteiger partial charge in [-0.25, -0.2) is 0 Å². The Bertz CT molecular complexity index is 178. The van der Waals surface area contributed by atoms with Crippen LogP contribution in [0.2, 0.25) is 0 Å². The Hall–Kier alpha value is 0.0700. The summed E-state index contributed by atoms with van der Waals surface area (Å²) >= 11 is 0. The van der Waals surface area contributed by atoms with E-state index in [4.69, 9.17) is 0 Å². The van der Waals surface area contributed by atoms with Gasteiger partial charge in [-0.1, -0.05) is 7.43 Å². The van der Waals surface area contributed by atoms with Crippen LogP contribution in [0, 0.1) is 0 Å². The molecule has 0 radical (unpaired) electrons. The van der Waals surface area contributed by atoms with Crippen LogP contribution < -0.4 is 4.89 Å². The first-order valence-electron chi connectivity index (χ1n) is 3.59. The monoisotopic (exact) mass is 213 g/mol. The van der Waals surface area contributed by atoms with E-state index in [1.807, 2.05) is 21.1 Å². The smallest absolute Gasteiger partial charge is 0.267 e. The summed E-state index contributed by atoms with van der Waals surface area (Å²) in [5.41, 5.74) is 0. The van der Waals surface area contributed by atoms with E-state index in [1.54, 1.807) is 0 Å². The van der Waals surface area contributed by atoms with E-state index in [2.05, 4.69) is 9.05 Å². The van der Waals surface area contributed by atoms with E-state index in [9.17, 15) is 9.46 Å². The van der Waals surface area contributed by atoms with Gasteiger partial charge in [0.05, 0.1) is 21.1 Å². The summed E-state index contributed by atoms with van der Waals surface area (Å²) < 4.78 is 20.0. The van der Waals surface area contributed by atoms with Crippen molar-refractivity contribution < 1.29 is 23.0 Å². The third-order valence-corrected chi connectivity index (χ3v) is 2.18. The second-order valence-corrected chi connectivity index (χ2v) is 4.99. The van der Waals surface area contributed by atoms with E-state index >= 15 is 0 Å². The lowest BCUT2D eigenvalue weighted by Crippen LogP contribution is -2.37. The van der Waals surface area contributed by atoms with Crippen LogP contribution in [0.3, 0.4) is 0 Å². The van der Waals surface area contributed by atoms with Gasteiger partial charge in [0.25, 0.3) is 7.82 Å². The highest BCUT2D eigenvalue weighted by Crippen LogP contribution is 2.36. The lowest BCUT2D eigenvalue weighted by atomic mass is 10.5. The molecule has 0 spiro atoms. The number of phosphoric ester groups is 1. The van der Waals surface area contributed by atoms with Crippen LogP contribution in [-0.2, 0) is 13.6 Å². The summed E-state index contributed by atoms with van der Waals surface area (Å²) in [6, 6.07) is 0. The summed E-state index contributed by atoms with van der Waals surface area (Å²) in [5, 5.41) is 0. The highest BCUT2D eigenvalue weighted by atomic mass is 31.2. The number of hydrogen-bond acceptors (Lipinski definition) is 4. The van der Waals surface area contributed by atoms with Crippen molar-refractivity contribution in [3.8, 4) is 0 Å². The molecule has 0 heterocycles. The van der Waals surface area contributed by atoms with Gasteiger partial charge in [0.1, 0.15) is 13.2 Å². The molecule has 0 aliphatic carbocycles. The van der Waals surface area contributed by atoms with Gasteiger partial charge in [-0.3, -0.25) is 4.57 Å². The van der Waals surface area contributed by atoms with Crippen LogP contribution in [0.15, 0.2) is 0 Å². The van der Waals surface area contributed by atoms with Crippen molar-refractivity contribution in [3.05, 3.63) is 0 Å². The summed E-state index contributed by atoms with van der Waals surface area (Å²) in [5.74, 6) is 0. The number of hydrogen-bond donors (Lipinski definition) is 0. The van der Waals surface area contributed by atoms with Gasteiger partial charge in [0.15, 0.2) is 0 Å². The first-order valence-corrected chi connectivity index (χ1v) is 5.05. The van der Waals surface area contributed by atoms with Gasteiger partial charge in [0.2, 0.25) is 0 Å². The Morgan fingerprint density at radius 1 is 1.38 bits per heavy atom. The molecule has 0 bridgehead atoms. The van der Waals surface area contributed by atoms with Gasteiger partial charge < -0.3 is 18.4 Å². The van der Waals surface area contributed by atoms with E-state index in [0.717, 1.165) is 7.11 Å². The van der Waals surface area contributed by atoms with E-state index in [-0.39, 0.29) is 14.0 Å². The van der Waals surface area contributed by atoms with Gasteiger partial charge in [-0.2, -0.15) is 0 Å². The van der Waals surface area contributed by atoms with Crippen molar-refractivity contribution in [2.75, 3.05) is 41.4 Å². The largest absolute Gasteiger partial charge is 0.756 e. The molecule has 0 rings (SSSR count). The predicted octanol–water partition coefficient (Wildman–Crippen LogP) is 0.460. The maximum absolute atomic E-state index is 10.7. The van der Waals surface area contributed by atoms with Crippen molar-refractivity contribution >= 4 is 7.82 Å². The van der Waals surface area contributed by atoms with E-state index < -0.39 is 7.82 Å². The first kappa shape index (κ1) is 15.5. The third kappa shape index (κ3) is 9.99. The van der Waals surface area contributed by atoms with E-state index in [1.165, 1.54) is 0 Å². The maximum atomic E-state index is 10.7. The Labute approximate surface area is 80.5 Å². The molecule has 82 valence electrons. The minimum absolute atomic E-state index is 0. The van der Waals surface area contributed by atoms with Gasteiger partial charge in [-0.05, 0) is 0 Å². The Balaban J connectivity index is 0. The molecule has 13 heavy (non-hydrogen) atoms. The standard InChI is InChI=1S/C6H16NO4P.CH4/c1-7(2,3)5-6-11-12(8,9)10-4;/h5-6H2,1-4H3;1H4. The molecule has 0 aliphatic heterocycles. The van der Waals surface area contributed by atoms with E-state index in [0.29, 0.717) is 11.0 Å². The van der Waals surface area contributed by atoms with Crippen LogP contribution in [0.4, 0.5) is 0 Å². The summed E-state index contributed by atoms with van der Waals surface area (Å²) in [7, 11) is 2.91. The fourth-order valence-electron chi connectivity index (χ4n) is 0.479. The van der Waals surface area contributed by atoms with Crippen LogP contribution >= 0.6 is 7.82 Å². The minimum Gasteiger partial charge on any atom is -0.756 e. The lowest BCUT2D eigenvalue weighted by Gasteiger charge is -2.26. The molecule has 0 aliphatic rings. The zero-order valence-corrected chi connectivity index (χ0v) is 8.84. The van der Waals surface area contributed by atoms with Crippen molar-refractivity contribution in [1.29, 1.82) is 0 Å².